The Bertz CT molecular complexity index is 379. The van der Waals surface area contributed by atoms with Crippen LogP contribution in [0.5, 0.6) is 0 Å². The van der Waals surface area contributed by atoms with Gasteiger partial charge in [-0.1, -0.05) is 6.92 Å². The molecule has 0 bridgehead atoms. The fourth-order valence-electron chi connectivity index (χ4n) is 2.99. The SMILES string of the molecule is CC1CC1(N)C1(O)CCCN(C(=O)OC(C)(C)C)C1. The van der Waals surface area contributed by atoms with Crippen LogP contribution in [0.25, 0.3) is 0 Å². The standard InChI is InChI=1S/C14H26N2O3/c1-10-8-14(10,15)13(18)6-5-7-16(9-13)11(17)19-12(2,3)4/h10,18H,5-9,15H2,1-4H3. The predicted molar refractivity (Wildman–Crippen MR) is 72.7 cm³/mol. The van der Waals surface area contributed by atoms with Crippen LogP contribution in [0.15, 0.2) is 0 Å². The highest BCUT2D eigenvalue weighted by Crippen LogP contribution is 2.51. The fourth-order valence-corrected chi connectivity index (χ4v) is 2.99. The van der Waals surface area contributed by atoms with Gasteiger partial charge in [0.05, 0.1) is 6.54 Å². The summed E-state index contributed by atoms with van der Waals surface area (Å²) in [5.74, 6) is 0.316. The molecule has 1 saturated carbocycles. The minimum absolute atomic E-state index is 0.281. The maximum absolute atomic E-state index is 12.1. The zero-order chi connectivity index (χ0) is 14.5. The summed E-state index contributed by atoms with van der Waals surface area (Å²) in [6.07, 6.45) is 1.89. The average Bonchev–Trinajstić information content (AvgIpc) is 2.86. The molecule has 2 rings (SSSR count). The van der Waals surface area contributed by atoms with Gasteiger partial charge in [0, 0.05) is 12.1 Å². The largest absolute Gasteiger partial charge is 0.444 e. The number of likely N-dealkylation sites (tertiary alicyclic amines) is 1. The van der Waals surface area contributed by atoms with E-state index in [1.54, 1.807) is 4.90 Å². The molecule has 1 aliphatic carbocycles. The topological polar surface area (TPSA) is 75.8 Å². The summed E-state index contributed by atoms with van der Waals surface area (Å²) in [4.78, 5) is 13.7. The fraction of sp³-hybridized carbons (Fsp3) is 0.929. The van der Waals surface area contributed by atoms with Crippen LogP contribution in [0.4, 0.5) is 4.79 Å². The van der Waals surface area contributed by atoms with Crippen LogP contribution in [-0.2, 0) is 4.74 Å². The minimum atomic E-state index is -0.971. The third-order valence-corrected chi connectivity index (χ3v) is 4.35. The molecular weight excluding hydrogens is 244 g/mol. The molecule has 1 amide bonds. The van der Waals surface area contributed by atoms with Gasteiger partial charge >= 0.3 is 6.09 Å². The zero-order valence-electron chi connectivity index (χ0n) is 12.4. The smallest absolute Gasteiger partial charge is 0.410 e. The van der Waals surface area contributed by atoms with Crippen molar-refractivity contribution in [2.45, 2.75) is 63.7 Å². The van der Waals surface area contributed by atoms with Crippen LogP contribution < -0.4 is 5.73 Å². The molecule has 1 heterocycles. The molecule has 1 aliphatic heterocycles. The summed E-state index contributed by atoms with van der Waals surface area (Å²) in [6.45, 7) is 8.48. The second-order valence-electron chi connectivity index (χ2n) is 7.18. The lowest BCUT2D eigenvalue weighted by Crippen LogP contribution is -2.62. The second-order valence-corrected chi connectivity index (χ2v) is 7.18. The molecular formula is C14H26N2O3. The quantitative estimate of drug-likeness (QED) is 0.757. The number of β-amino-alcohol motifs (C(OH)–C–C–N with tert-alkyl or cyclic N) is 1. The van der Waals surface area contributed by atoms with Gasteiger partial charge in [-0.05, 0) is 46.0 Å². The first kappa shape index (κ1) is 14.6. The van der Waals surface area contributed by atoms with Crippen LogP contribution >= 0.6 is 0 Å². The molecule has 0 radical (unpaired) electrons. The van der Waals surface area contributed by atoms with Crippen LogP contribution in [0.3, 0.4) is 0 Å². The van der Waals surface area contributed by atoms with Gasteiger partial charge in [0.1, 0.15) is 11.2 Å². The van der Waals surface area contributed by atoms with E-state index in [9.17, 15) is 9.90 Å². The highest BCUT2D eigenvalue weighted by molar-refractivity contribution is 5.68. The van der Waals surface area contributed by atoms with Gasteiger partial charge in [0.15, 0.2) is 0 Å². The van der Waals surface area contributed by atoms with Gasteiger partial charge in [0.2, 0.25) is 0 Å². The number of rotatable bonds is 1. The molecule has 0 spiro atoms. The summed E-state index contributed by atoms with van der Waals surface area (Å²) in [7, 11) is 0. The molecule has 3 atom stereocenters. The second kappa shape index (κ2) is 4.35. The van der Waals surface area contributed by atoms with E-state index >= 15 is 0 Å². The molecule has 3 N–H and O–H groups in total. The van der Waals surface area contributed by atoms with E-state index in [1.807, 2.05) is 27.7 Å². The number of hydrogen-bond donors (Lipinski definition) is 2. The van der Waals surface area contributed by atoms with E-state index in [1.165, 1.54) is 0 Å². The first-order valence-corrected chi connectivity index (χ1v) is 7.07. The van der Waals surface area contributed by atoms with Crippen molar-refractivity contribution >= 4 is 6.09 Å². The lowest BCUT2D eigenvalue weighted by molar-refractivity contribution is -0.0660. The van der Waals surface area contributed by atoms with Crippen molar-refractivity contribution in [2.24, 2.45) is 11.7 Å². The number of piperidine rings is 1. The Morgan fingerprint density at radius 2 is 2.05 bits per heavy atom. The monoisotopic (exact) mass is 270 g/mol. The number of nitrogens with zero attached hydrogens (tertiary/aromatic N) is 1. The van der Waals surface area contributed by atoms with Crippen LogP contribution in [0.2, 0.25) is 0 Å². The number of ether oxygens (including phenoxy) is 1. The van der Waals surface area contributed by atoms with E-state index in [0.717, 1.165) is 12.8 Å². The highest BCUT2D eigenvalue weighted by Gasteiger charge is 2.62. The lowest BCUT2D eigenvalue weighted by atomic mass is 9.83. The van der Waals surface area contributed by atoms with E-state index in [4.69, 9.17) is 10.5 Å². The molecule has 5 heteroatoms. The Morgan fingerprint density at radius 1 is 1.47 bits per heavy atom. The van der Waals surface area contributed by atoms with Crippen molar-refractivity contribution in [1.29, 1.82) is 0 Å². The summed E-state index contributed by atoms with van der Waals surface area (Å²) in [5.41, 5.74) is 4.24. The van der Waals surface area contributed by atoms with Crippen molar-refractivity contribution in [3.05, 3.63) is 0 Å². The number of nitrogens with two attached hydrogens (primary N) is 1. The number of amides is 1. The predicted octanol–water partition coefficient (Wildman–Crippen LogP) is 1.49. The summed E-state index contributed by atoms with van der Waals surface area (Å²) < 4.78 is 5.37. The van der Waals surface area contributed by atoms with E-state index in [-0.39, 0.29) is 12.6 Å². The molecule has 1 saturated heterocycles. The van der Waals surface area contributed by atoms with Crippen LogP contribution in [0, 0.1) is 5.92 Å². The Morgan fingerprint density at radius 3 is 2.53 bits per heavy atom. The molecule has 2 fully saturated rings. The van der Waals surface area contributed by atoms with Crippen molar-refractivity contribution < 1.29 is 14.6 Å². The van der Waals surface area contributed by atoms with Crippen LogP contribution in [-0.4, -0.2) is 45.9 Å². The Kier molecular flexibility index (Phi) is 3.34. The molecule has 0 aromatic heterocycles. The first-order valence-electron chi connectivity index (χ1n) is 7.07. The number of carbonyl (C=O) groups excluding carboxylic acids is 1. The summed E-state index contributed by atoms with van der Waals surface area (Å²) >= 11 is 0. The minimum Gasteiger partial charge on any atom is -0.444 e. The number of aliphatic hydroxyl groups is 1. The Labute approximate surface area is 115 Å². The van der Waals surface area contributed by atoms with Gasteiger partial charge < -0.3 is 20.5 Å². The normalized spacial score (nSPS) is 39.1. The molecule has 110 valence electrons. The van der Waals surface area contributed by atoms with Gasteiger partial charge in [-0.2, -0.15) is 0 Å². The van der Waals surface area contributed by atoms with Gasteiger partial charge in [-0.25, -0.2) is 4.79 Å². The summed E-state index contributed by atoms with van der Waals surface area (Å²) in [6, 6.07) is 0. The summed E-state index contributed by atoms with van der Waals surface area (Å²) in [5, 5.41) is 10.8. The van der Waals surface area contributed by atoms with E-state index in [2.05, 4.69) is 0 Å². The van der Waals surface area contributed by atoms with Crippen molar-refractivity contribution in [3.63, 3.8) is 0 Å². The first-order chi connectivity index (χ1) is 8.57. The molecule has 5 nitrogen and oxygen atoms in total. The zero-order valence-corrected chi connectivity index (χ0v) is 12.4. The van der Waals surface area contributed by atoms with E-state index < -0.39 is 16.7 Å². The van der Waals surface area contributed by atoms with Gasteiger partial charge in [-0.3, -0.25) is 0 Å². The average molecular weight is 270 g/mol. The Hall–Kier alpha value is -0.810. The molecule has 3 unspecified atom stereocenters. The molecule has 0 aromatic rings. The maximum atomic E-state index is 12.1. The van der Waals surface area contributed by atoms with Crippen LogP contribution in [0.1, 0.15) is 47.0 Å². The van der Waals surface area contributed by atoms with Crippen molar-refractivity contribution in [2.75, 3.05) is 13.1 Å². The van der Waals surface area contributed by atoms with Gasteiger partial charge in [-0.15, -0.1) is 0 Å². The number of carbonyl (C=O) groups is 1. The lowest BCUT2D eigenvalue weighted by Gasteiger charge is -2.43. The van der Waals surface area contributed by atoms with E-state index in [0.29, 0.717) is 18.9 Å². The van der Waals surface area contributed by atoms with Crippen molar-refractivity contribution in [1.82, 2.24) is 4.90 Å². The van der Waals surface area contributed by atoms with Crippen molar-refractivity contribution in [3.8, 4) is 0 Å². The Balaban J connectivity index is 2.03. The maximum Gasteiger partial charge on any atom is 0.410 e. The molecule has 0 aromatic carbocycles. The third kappa shape index (κ3) is 2.72. The molecule has 19 heavy (non-hydrogen) atoms. The number of hydrogen-bond acceptors (Lipinski definition) is 4. The molecule has 2 aliphatic rings. The third-order valence-electron chi connectivity index (χ3n) is 4.35. The van der Waals surface area contributed by atoms with Gasteiger partial charge in [0.25, 0.3) is 0 Å². The highest BCUT2D eigenvalue weighted by atomic mass is 16.6.